The van der Waals surface area contributed by atoms with E-state index in [4.69, 9.17) is 15.0 Å². The number of aromatic nitrogens is 4. The molecule has 0 atom stereocenters. The second kappa shape index (κ2) is 13.4. The molecule has 4 nitrogen and oxygen atoms in total. The summed E-state index contributed by atoms with van der Waals surface area (Å²) in [7, 11) is 0. The van der Waals surface area contributed by atoms with Crippen LogP contribution in [0.15, 0.2) is 194 Å². The number of para-hydroxylation sites is 1. The van der Waals surface area contributed by atoms with Gasteiger partial charge in [-0.3, -0.25) is 0 Å². The van der Waals surface area contributed by atoms with Crippen LogP contribution in [0.4, 0.5) is 0 Å². The molecule has 0 bridgehead atoms. The molecular formula is C54H38N4. The SMILES string of the molecule is CC1(C)c2ccccc2-c2cc(-c3ccc4c(c3)c3c(-c5cccc(-c6nc(-c7ccccc7)nc(-c7ccccc7)n6)c5)cccc3n4-c3ccccc3)ccc21. The van der Waals surface area contributed by atoms with Crippen LogP contribution in [0.1, 0.15) is 25.0 Å². The number of benzene rings is 8. The smallest absolute Gasteiger partial charge is 0.164 e. The van der Waals surface area contributed by atoms with Gasteiger partial charge in [-0.2, -0.15) is 0 Å². The monoisotopic (exact) mass is 742 g/mol. The van der Waals surface area contributed by atoms with Crippen molar-refractivity contribution in [3.05, 3.63) is 205 Å². The molecule has 58 heavy (non-hydrogen) atoms. The summed E-state index contributed by atoms with van der Waals surface area (Å²) in [6, 6.07) is 69.1. The van der Waals surface area contributed by atoms with E-state index in [0.29, 0.717) is 17.5 Å². The van der Waals surface area contributed by atoms with Crippen LogP contribution in [-0.2, 0) is 5.41 Å². The molecule has 10 aromatic rings. The molecule has 2 heterocycles. The predicted octanol–water partition coefficient (Wildman–Crippen LogP) is 13.6. The van der Waals surface area contributed by atoms with Crippen molar-refractivity contribution in [2.45, 2.75) is 19.3 Å². The van der Waals surface area contributed by atoms with Gasteiger partial charge >= 0.3 is 0 Å². The van der Waals surface area contributed by atoms with Gasteiger partial charge in [-0.05, 0) is 87.0 Å². The van der Waals surface area contributed by atoms with Crippen molar-refractivity contribution in [3.8, 4) is 73.2 Å². The van der Waals surface area contributed by atoms with E-state index in [0.717, 1.165) is 39.0 Å². The van der Waals surface area contributed by atoms with Crippen LogP contribution in [0.25, 0.3) is 95.0 Å². The van der Waals surface area contributed by atoms with E-state index in [-0.39, 0.29) is 5.41 Å². The maximum Gasteiger partial charge on any atom is 0.164 e. The van der Waals surface area contributed by atoms with E-state index in [1.807, 2.05) is 60.7 Å². The molecule has 0 amide bonds. The molecule has 1 aliphatic carbocycles. The lowest BCUT2D eigenvalue weighted by molar-refractivity contribution is 0.660. The Hall–Kier alpha value is -7.43. The number of hydrogen-bond donors (Lipinski definition) is 0. The second-order valence-electron chi connectivity index (χ2n) is 15.7. The standard InChI is InChI=1S/C54H38N4/c1-54(2)46-26-13-12-24-43(46)44-33-37(28-30-47(44)54)38-29-31-48-45(34-38)50-42(25-15-27-49(50)58(48)41-22-10-5-11-23-41)39-20-14-21-40(32-39)53-56-51(35-16-6-3-7-17-35)55-52(57-53)36-18-8-4-9-19-36/h3-34H,1-2H3. The molecular weight excluding hydrogens is 705 g/mol. The lowest BCUT2D eigenvalue weighted by Gasteiger charge is -2.21. The fourth-order valence-corrected chi connectivity index (χ4v) is 9.01. The molecule has 0 fully saturated rings. The van der Waals surface area contributed by atoms with Gasteiger partial charge in [0, 0.05) is 38.6 Å². The Labute approximate surface area is 337 Å². The minimum atomic E-state index is -0.0332. The summed E-state index contributed by atoms with van der Waals surface area (Å²) in [5.41, 5.74) is 16.3. The Morgan fingerprint density at radius 2 is 0.897 bits per heavy atom. The minimum absolute atomic E-state index is 0.0332. The lowest BCUT2D eigenvalue weighted by atomic mass is 9.82. The van der Waals surface area contributed by atoms with Gasteiger partial charge in [0.2, 0.25) is 0 Å². The molecule has 0 saturated heterocycles. The van der Waals surface area contributed by atoms with Crippen LogP contribution >= 0.6 is 0 Å². The maximum absolute atomic E-state index is 5.06. The maximum atomic E-state index is 5.06. The first-order valence-electron chi connectivity index (χ1n) is 19.9. The van der Waals surface area contributed by atoms with Crippen molar-refractivity contribution < 1.29 is 0 Å². The van der Waals surface area contributed by atoms with Crippen LogP contribution in [0.2, 0.25) is 0 Å². The van der Waals surface area contributed by atoms with Crippen molar-refractivity contribution in [1.29, 1.82) is 0 Å². The molecule has 0 aliphatic heterocycles. The summed E-state index contributed by atoms with van der Waals surface area (Å²) in [6.45, 7) is 4.67. The molecule has 0 radical (unpaired) electrons. The highest BCUT2D eigenvalue weighted by atomic mass is 15.0. The van der Waals surface area contributed by atoms with Crippen LogP contribution in [0, 0.1) is 0 Å². The Kier molecular flexibility index (Phi) is 7.80. The van der Waals surface area contributed by atoms with Gasteiger partial charge < -0.3 is 4.57 Å². The quantitative estimate of drug-likeness (QED) is 0.170. The number of rotatable bonds is 6. The van der Waals surface area contributed by atoms with E-state index < -0.39 is 0 Å². The normalized spacial score (nSPS) is 12.8. The van der Waals surface area contributed by atoms with E-state index in [2.05, 4.69) is 152 Å². The van der Waals surface area contributed by atoms with Gasteiger partial charge in [0.1, 0.15) is 0 Å². The van der Waals surface area contributed by atoms with Crippen molar-refractivity contribution in [2.75, 3.05) is 0 Å². The number of nitrogens with zero attached hydrogens (tertiary/aromatic N) is 4. The molecule has 0 N–H and O–H groups in total. The third-order valence-corrected chi connectivity index (χ3v) is 11.9. The van der Waals surface area contributed by atoms with E-state index >= 15 is 0 Å². The Morgan fingerprint density at radius 1 is 0.362 bits per heavy atom. The van der Waals surface area contributed by atoms with Gasteiger partial charge in [-0.15, -0.1) is 0 Å². The zero-order valence-electron chi connectivity index (χ0n) is 32.3. The highest BCUT2D eigenvalue weighted by Crippen LogP contribution is 2.50. The first-order valence-corrected chi connectivity index (χ1v) is 19.9. The van der Waals surface area contributed by atoms with E-state index in [1.165, 1.54) is 49.7 Å². The summed E-state index contributed by atoms with van der Waals surface area (Å²) >= 11 is 0. The number of hydrogen-bond acceptors (Lipinski definition) is 3. The highest BCUT2D eigenvalue weighted by Gasteiger charge is 2.35. The molecule has 8 aromatic carbocycles. The summed E-state index contributed by atoms with van der Waals surface area (Å²) < 4.78 is 2.40. The highest BCUT2D eigenvalue weighted by molar-refractivity contribution is 6.16. The summed E-state index contributed by atoms with van der Waals surface area (Å²) in [4.78, 5) is 15.0. The van der Waals surface area contributed by atoms with Crippen LogP contribution in [0.5, 0.6) is 0 Å². The topological polar surface area (TPSA) is 43.6 Å². The van der Waals surface area contributed by atoms with Crippen molar-refractivity contribution in [1.82, 2.24) is 19.5 Å². The molecule has 0 unspecified atom stereocenters. The van der Waals surface area contributed by atoms with Gasteiger partial charge in [-0.25, -0.2) is 15.0 Å². The molecule has 0 saturated carbocycles. The van der Waals surface area contributed by atoms with Crippen molar-refractivity contribution in [3.63, 3.8) is 0 Å². The van der Waals surface area contributed by atoms with E-state index in [1.54, 1.807) is 0 Å². The zero-order chi connectivity index (χ0) is 38.8. The van der Waals surface area contributed by atoms with Crippen molar-refractivity contribution >= 4 is 21.8 Å². The number of fused-ring (bicyclic) bond motifs is 6. The van der Waals surface area contributed by atoms with Crippen LogP contribution in [0.3, 0.4) is 0 Å². The fourth-order valence-electron chi connectivity index (χ4n) is 9.01. The Bertz CT molecular complexity index is 3120. The fraction of sp³-hybridized carbons (Fsp3) is 0.0556. The summed E-state index contributed by atoms with van der Waals surface area (Å²) in [5.74, 6) is 1.93. The Balaban J connectivity index is 1.10. The first kappa shape index (κ1) is 33.9. The van der Waals surface area contributed by atoms with Gasteiger partial charge in [0.15, 0.2) is 17.5 Å². The third kappa shape index (κ3) is 5.48. The van der Waals surface area contributed by atoms with Gasteiger partial charge in [0.25, 0.3) is 0 Å². The molecule has 2 aromatic heterocycles. The Morgan fingerprint density at radius 3 is 1.62 bits per heavy atom. The second-order valence-corrected chi connectivity index (χ2v) is 15.7. The van der Waals surface area contributed by atoms with Gasteiger partial charge in [-0.1, -0.05) is 166 Å². The molecule has 1 aliphatic rings. The zero-order valence-corrected chi connectivity index (χ0v) is 32.3. The lowest BCUT2D eigenvalue weighted by Crippen LogP contribution is -2.14. The van der Waals surface area contributed by atoms with Crippen LogP contribution < -0.4 is 0 Å². The molecule has 274 valence electrons. The average Bonchev–Trinajstić information content (AvgIpc) is 3.75. The minimum Gasteiger partial charge on any atom is -0.309 e. The predicted molar refractivity (Wildman–Crippen MR) is 239 cm³/mol. The molecule has 0 spiro atoms. The first-order chi connectivity index (χ1) is 28.5. The summed E-state index contributed by atoms with van der Waals surface area (Å²) in [6.07, 6.45) is 0. The third-order valence-electron chi connectivity index (χ3n) is 11.9. The van der Waals surface area contributed by atoms with Crippen LogP contribution in [-0.4, -0.2) is 19.5 Å². The summed E-state index contributed by atoms with van der Waals surface area (Å²) in [5, 5.41) is 2.41. The average molecular weight is 743 g/mol. The molecule has 4 heteroatoms. The largest absolute Gasteiger partial charge is 0.309 e. The van der Waals surface area contributed by atoms with Crippen molar-refractivity contribution in [2.24, 2.45) is 0 Å². The molecule has 11 rings (SSSR count). The van der Waals surface area contributed by atoms with Gasteiger partial charge in [0.05, 0.1) is 11.0 Å². The van der Waals surface area contributed by atoms with E-state index in [9.17, 15) is 0 Å².